The van der Waals surface area contributed by atoms with Crippen LogP contribution in [0.5, 0.6) is 11.5 Å². The van der Waals surface area contributed by atoms with E-state index in [0.29, 0.717) is 30.6 Å². The minimum Gasteiger partial charge on any atom is -0.490 e. The maximum Gasteiger partial charge on any atom is 0.341 e. The van der Waals surface area contributed by atoms with Gasteiger partial charge in [0.2, 0.25) is 0 Å². The fourth-order valence-electron chi connectivity index (χ4n) is 2.33. The number of halogens is 3. The normalized spacial score (nSPS) is 11.5. The van der Waals surface area contributed by atoms with Crippen LogP contribution in [0.2, 0.25) is 6.04 Å². The van der Waals surface area contributed by atoms with Gasteiger partial charge in [0.1, 0.15) is 0 Å². The zero-order chi connectivity index (χ0) is 21.7. The van der Waals surface area contributed by atoms with Crippen molar-refractivity contribution in [3.05, 3.63) is 29.8 Å². The van der Waals surface area contributed by atoms with Crippen LogP contribution in [0.4, 0.5) is 0 Å². The fraction of sp³-hybridized carbons (Fsp3) is 0.500. The average molecular weight is 482 g/mol. The Balaban J connectivity index is 2.68. The Morgan fingerprint density at radius 2 is 1.83 bits per heavy atom. The van der Waals surface area contributed by atoms with Crippen LogP contribution in [-0.4, -0.2) is 31.7 Å². The zero-order valence-corrected chi connectivity index (χ0v) is 20.0. The standard InChI is InChI=1S/C20H27Cl3O5Si/c1-3-4-13-27-18-15-16(10-12-19(24)26-2)9-11-17(18)28-20(25)8-6-5-7-14-29(21,22)23/h9-12,15H,3-8,13-14H2,1-2H3/b12-10+. The molecular formula is C20H27Cl3O5Si. The van der Waals surface area contributed by atoms with Crippen molar-refractivity contribution < 1.29 is 23.8 Å². The Labute approximate surface area is 187 Å². The highest BCUT2D eigenvalue weighted by Gasteiger charge is 2.23. The second-order valence-electron chi connectivity index (χ2n) is 6.41. The van der Waals surface area contributed by atoms with Crippen LogP contribution in [0, 0.1) is 0 Å². The molecular weight excluding hydrogens is 455 g/mol. The van der Waals surface area contributed by atoms with Gasteiger partial charge in [-0.1, -0.05) is 32.3 Å². The summed E-state index contributed by atoms with van der Waals surface area (Å²) in [5.41, 5.74) is 0.734. The Hall–Kier alpha value is -1.21. The number of benzene rings is 1. The summed E-state index contributed by atoms with van der Waals surface area (Å²) in [4.78, 5) is 23.4. The van der Waals surface area contributed by atoms with Crippen molar-refractivity contribution in [3.63, 3.8) is 0 Å². The monoisotopic (exact) mass is 480 g/mol. The first-order valence-corrected chi connectivity index (χ1v) is 14.8. The van der Waals surface area contributed by atoms with E-state index in [9.17, 15) is 9.59 Å². The summed E-state index contributed by atoms with van der Waals surface area (Å²) in [6.45, 7) is 2.57. The molecule has 162 valence electrons. The molecule has 1 aromatic rings. The third-order valence-electron chi connectivity index (χ3n) is 3.90. The van der Waals surface area contributed by atoms with Crippen molar-refractivity contribution in [2.45, 2.75) is 51.5 Å². The Bertz CT molecular complexity index is 689. The van der Waals surface area contributed by atoms with Crippen LogP contribution >= 0.6 is 33.2 Å². The van der Waals surface area contributed by atoms with Crippen molar-refractivity contribution in [3.8, 4) is 11.5 Å². The van der Waals surface area contributed by atoms with Crippen LogP contribution in [0.3, 0.4) is 0 Å². The van der Waals surface area contributed by atoms with Gasteiger partial charge in [-0.15, -0.1) is 33.2 Å². The fourth-order valence-corrected chi connectivity index (χ4v) is 4.18. The average Bonchev–Trinajstić information content (AvgIpc) is 2.66. The molecule has 0 saturated heterocycles. The summed E-state index contributed by atoms with van der Waals surface area (Å²) < 4.78 is 15.8. The van der Waals surface area contributed by atoms with Crippen LogP contribution < -0.4 is 9.47 Å². The first-order chi connectivity index (χ1) is 13.7. The van der Waals surface area contributed by atoms with Gasteiger partial charge in [-0.2, -0.15) is 0 Å². The molecule has 0 aliphatic rings. The smallest absolute Gasteiger partial charge is 0.341 e. The highest BCUT2D eigenvalue weighted by Crippen LogP contribution is 2.30. The summed E-state index contributed by atoms with van der Waals surface area (Å²) >= 11 is 17.5. The molecule has 0 fully saturated rings. The molecule has 9 heteroatoms. The van der Waals surface area contributed by atoms with E-state index in [4.69, 9.17) is 42.7 Å². The number of rotatable bonds is 13. The second kappa shape index (κ2) is 13.9. The van der Waals surface area contributed by atoms with Gasteiger partial charge < -0.3 is 14.2 Å². The Kier molecular flexibility index (Phi) is 12.4. The summed E-state index contributed by atoms with van der Waals surface area (Å²) in [6, 6.07) is 3.11. The number of ether oxygens (including phenoxy) is 3. The predicted octanol–water partition coefficient (Wildman–Crippen LogP) is 6.17. The van der Waals surface area contributed by atoms with Gasteiger partial charge in [0.15, 0.2) is 11.5 Å². The van der Waals surface area contributed by atoms with Gasteiger partial charge in [-0.05, 0) is 42.7 Å². The highest BCUT2D eigenvalue weighted by molar-refractivity contribution is 7.64. The van der Waals surface area contributed by atoms with Crippen molar-refractivity contribution in [2.24, 2.45) is 0 Å². The van der Waals surface area contributed by atoms with Crippen molar-refractivity contribution >= 4 is 57.3 Å². The van der Waals surface area contributed by atoms with E-state index in [0.717, 1.165) is 31.2 Å². The van der Waals surface area contributed by atoms with Gasteiger partial charge in [0.05, 0.1) is 13.7 Å². The second-order valence-corrected chi connectivity index (χ2v) is 15.7. The minimum absolute atomic E-state index is 0.278. The first kappa shape index (κ1) is 25.8. The molecule has 0 radical (unpaired) electrons. The molecule has 0 saturated carbocycles. The third kappa shape index (κ3) is 12.2. The molecule has 0 aromatic heterocycles. The lowest BCUT2D eigenvalue weighted by molar-refractivity contribution is -0.135. The van der Waals surface area contributed by atoms with Crippen LogP contribution in [0.1, 0.15) is 51.0 Å². The molecule has 0 amide bonds. The van der Waals surface area contributed by atoms with E-state index < -0.39 is 12.0 Å². The molecule has 1 rings (SSSR count). The molecule has 29 heavy (non-hydrogen) atoms. The quantitative estimate of drug-likeness (QED) is 0.0841. The number of hydrogen-bond donors (Lipinski definition) is 0. The summed E-state index contributed by atoms with van der Waals surface area (Å²) in [5, 5.41) is 0. The lowest BCUT2D eigenvalue weighted by Gasteiger charge is -2.12. The largest absolute Gasteiger partial charge is 0.490 e. The third-order valence-corrected chi connectivity index (χ3v) is 6.52. The Morgan fingerprint density at radius 3 is 2.48 bits per heavy atom. The zero-order valence-electron chi connectivity index (χ0n) is 16.7. The molecule has 0 unspecified atom stereocenters. The Morgan fingerprint density at radius 1 is 1.07 bits per heavy atom. The van der Waals surface area contributed by atoms with Gasteiger partial charge in [-0.3, -0.25) is 4.79 Å². The molecule has 0 aliphatic carbocycles. The summed E-state index contributed by atoms with van der Waals surface area (Å²) in [5.74, 6) is 0.0247. The van der Waals surface area contributed by atoms with E-state index >= 15 is 0 Å². The van der Waals surface area contributed by atoms with E-state index in [-0.39, 0.29) is 12.4 Å². The van der Waals surface area contributed by atoms with E-state index in [2.05, 4.69) is 11.7 Å². The lowest BCUT2D eigenvalue weighted by Crippen LogP contribution is -2.10. The highest BCUT2D eigenvalue weighted by atomic mass is 35.8. The molecule has 0 heterocycles. The lowest BCUT2D eigenvalue weighted by atomic mass is 10.2. The van der Waals surface area contributed by atoms with E-state index in [1.54, 1.807) is 24.3 Å². The van der Waals surface area contributed by atoms with Gasteiger partial charge in [0.25, 0.3) is 0 Å². The van der Waals surface area contributed by atoms with Gasteiger partial charge in [0, 0.05) is 12.5 Å². The molecule has 0 N–H and O–H groups in total. The number of hydrogen-bond acceptors (Lipinski definition) is 5. The topological polar surface area (TPSA) is 61.8 Å². The van der Waals surface area contributed by atoms with E-state index in [1.807, 2.05) is 0 Å². The number of esters is 2. The SMILES string of the molecule is CCCCOc1cc(/C=C/C(=O)OC)ccc1OC(=O)CCCCC[Si](Cl)(Cl)Cl. The summed E-state index contributed by atoms with van der Waals surface area (Å²) in [7, 11) is 1.31. The number of carbonyl (C=O) groups is 2. The minimum atomic E-state index is -2.59. The maximum absolute atomic E-state index is 12.2. The first-order valence-electron chi connectivity index (χ1n) is 9.55. The molecule has 0 atom stereocenters. The van der Waals surface area contributed by atoms with Crippen LogP contribution in [0.25, 0.3) is 6.08 Å². The van der Waals surface area contributed by atoms with Gasteiger partial charge in [-0.25, -0.2) is 4.79 Å². The van der Waals surface area contributed by atoms with Gasteiger partial charge >= 0.3 is 17.9 Å². The molecule has 1 aromatic carbocycles. The molecule has 0 spiro atoms. The van der Waals surface area contributed by atoms with Crippen LogP contribution in [0.15, 0.2) is 24.3 Å². The summed E-state index contributed by atoms with van der Waals surface area (Å²) in [6.07, 6.45) is 7.31. The maximum atomic E-state index is 12.2. The number of methoxy groups -OCH3 is 1. The van der Waals surface area contributed by atoms with Crippen molar-refractivity contribution in [1.29, 1.82) is 0 Å². The molecule has 0 aliphatic heterocycles. The predicted molar refractivity (Wildman–Crippen MR) is 120 cm³/mol. The van der Waals surface area contributed by atoms with E-state index in [1.165, 1.54) is 13.2 Å². The van der Waals surface area contributed by atoms with Crippen LogP contribution in [-0.2, 0) is 14.3 Å². The molecule has 5 nitrogen and oxygen atoms in total. The molecule has 0 bridgehead atoms. The van der Waals surface area contributed by atoms with Crippen molar-refractivity contribution in [2.75, 3.05) is 13.7 Å². The number of carbonyl (C=O) groups excluding carboxylic acids is 2. The van der Waals surface area contributed by atoms with Crippen molar-refractivity contribution in [1.82, 2.24) is 0 Å². The number of unbranched alkanes of at least 4 members (excludes halogenated alkanes) is 3.